The van der Waals surface area contributed by atoms with Crippen LogP contribution in [0.15, 0.2) is 0 Å². The molecule has 0 aromatic rings. The standard InChI is InChI=1S/C10H16N4O3/c11-13(12)14(15)17-7-2-4-1-5(7)6-3-8-10(16-8)9(4)6/h4-12,15H,1-3H2/q-2. The molecule has 2 bridgehead atoms. The van der Waals surface area contributed by atoms with E-state index in [1.54, 1.807) is 0 Å². The first-order chi connectivity index (χ1) is 8.15. The zero-order valence-corrected chi connectivity index (χ0v) is 9.32. The first-order valence-corrected chi connectivity index (χ1v) is 6.19. The molecular weight excluding hydrogens is 224 g/mol. The van der Waals surface area contributed by atoms with E-state index in [-0.39, 0.29) is 16.7 Å². The van der Waals surface area contributed by atoms with Crippen LogP contribution in [-0.2, 0) is 9.57 Å². The topological polar surface area (TPSA) is 96.1 Å². The molecule has 0 aromatic carbocycles. The van der Waals surface area contributed by atoms with Crippen LogP contribution in [0.2, 0.25) is 0 Å². The average Bonchev–Trinajstić information content (AvgIpc) is 2.69. The molecular formula is C10H16N4O3-2. The highest BCUT2D eigenvalue weighted by Crippen LogP contribution is 2.64. The van der Waals surface area contributed by atoms with Gasteiger partial charge >= 0.3 is 0 Å². The number of hydrazine groups is 1. The Morgan fingerprint density at radius 1 is 1.18 bits per heavy atom. The molecule has 0 amide bonds. The zero-order valence-electron chi connectivity index (χ0n) is 9.32. The fraction of sp³-hybridized carbons (Fsp3) is 1.00. The summed E-state index contributed by atoms with van der Waals surface area (Å²) in [5, 5.41) is 9.52. The van der Waals surface area contributed by atoms with Crippen molar-refractivity contribution in [3.05, 3.63) is 11.7 Å². The first-order valence-electron chi connectivity index (χ1n) is 6.19. The molecule has 1 heterocycles. The zero-order chi connectivity index (χ0) is 11.7. The van der Waals surface area contributed by atoms with Crippen molar-refractivity contribution < 1.29 is 14.8 Å². The lowest BCUT2D eigenvalue weighted by molar-refractivity contribution is -0.439. The molecule has 3 N–H and O–H groups in total. The summed E-state index contributed by atoms with van der Waals surface area (Å²) in [7, 11) is 0. The smallest absolute Gasteiger partial charge is 0.0875 e. The first kappa shape index (κ1) is 10.6. The van der Waals surface area contributed by atoms with Crippen molar-refractivity contribution in [2.24, 2.45) is 23.7 Å². The molecule has 1 aliphatic heterocycles. The van der Waals surface area contributed by atoms with Gasteiger partial charge in [-0.05, 0) is 48.3 Å². The molecule has 3 aliphatic carbocycles. The number of nitrogens with zero attached hydrogens (tertiary/aromatic N) is 2. The fourth-order valence-corrected chi connectivity index (χ4v) is 4.56. The van der Waals surface area contributed by atoms with E-state index in [0.717, 1.165) is 19.3 Å². The van der Waals surface area contributed by atoms with Crippen LogP contribution in [0.5, 0.6) is 0 Å². The molecule has 4 rings (SSSR count). The van der Waals surface area contributed by atoms with Crippen LogP contribution in [0.4, 0.5) is 0 Å². The van der Waals surface area contributed by atoms with Crippen molar-refractivity contribution in [1.29, 1.82) is 0 Å². The van der Waals surface area contributed by atoms with E-state index < -0.39 is 0 Å². The predicted molar refractivity (Wildman–Crippen MR) is 55.5 cm³/mol. The third-order valence-corrected chi connectivity index (χ3v) is 5.08. The largest absolute Gasteiger partial charge is 0.611 e. The Hall–Kier alpha value is -0.280. The Morgan fingerprint density at radius 2 is 2.00 bits per heavy atom. The maximum absolute atomic E-state index is 9.25. The predicted octanol–water partition coefficient (Wildman–Crippen LogP) is 1.57. The molecule has 0 aromatic heterocycles. The van der Waals surface area contributed by atoms with E-state index in [0.29, 0.717) is 35.9 Å². The van der Waals surface area contributed by atoms with Gasteiger partial charge in [0, 0.05) is 0 Å². The second kappa shape index (κ2) is 3.39. The van der Waals surface area contributed by atoms with E-state index in [2.05, 4.69) is 0 Å². The molecule has 7 atom stereocenters. The van der Waals surface area contributed by atoms with Gasteiger partial charge in [0.2, 0.25) is 0 Å². The van der Waals surface area contributed by atoms with Crippen molar-refractivity contribution in [3.63, 3.8) is 0 Å². The molecule has 4 fully saturated rings. The van der Waals surface area contributed by atoms with Gasteiger partial charge in [-0.15, -0.1) is 0 Å². The number of hydrogen-bond donors (Lipinski definition) is 1. The summed E-state index contributed by atoms with van der Waals surface area (Å²) in [6.07, 6.45) is 4.16. The Balaban J connectivity index is 1.45. The van der Waals surface area contributed by atoms with Gasteiger partial charge < -0.3 is 21.6 Å². The lowest BCUT2D eigenvalue weighted by Gasteiger charge is -2.41. The summed E-state index contributed by atoms with van der Waals surface area (Å²) < 4.78 is 5.61. The Morgan fingerprint density at radius 3 is 2.76 bits per heavy atom. The minimum Gasteiger partial charge on any atom is -0.611 e. The molecule has 7 unspecified atom stereocenters. The minimum atomic E-state index is -0.0399. The number of hydrogen-bond acceptors (Lipinski definition) is 5. The van der Waals surface area contributed by atoms with Crippen LogP contribution in [-0.4, -0.2) is 34.1 Å². The molecule has 7 nitrogen and oxygen atoms in total. The van der Waals surface area contributed by atoms with E-state index in [4.69, 9.17) is 21.3 Å². The van der Waals surface area contributed by atoms with Gasteiger partial charge in [-0.3, -0.25) is 10.0 Å². The van der Waals surface area contributed by atoms with Gasteiger partial charge in [-0.1, -0.05) is 0 Å². The summed E-state index contributed by atoms with van der Waals surface area (Å²) in [6, 6.07) is 0. The van der Waals surface area contributed by atoms with E-state index in [1.807, 2.05) is 0 Å². The third-order valence-electron chi connectivity index (χ3n) is 5.08. The van der Waals surface area contributed by atoms with Gasteiger partial charge in [0.1, 0.15) is 0 Å². The quantitative estimate of drug-likeness (QED) is 0.596. The van der Waals surface area contributed by atoms with Crippen LogP contribution in [0, 0.1) is 23.7 Å². The Bertz CT molecular complexity index is 342. The summed E-state index contributed by atoms with van der Waals surface area (Å²) in [5.41, 5.74) is 0. The Kier molecular flexibility index (Phi) is 2.12. The van der Waals surface area contributed by atoms with E-state index >= 15 is 0 Å². The third kappa shape index (κ3) is 1.42. The maximum atomic E-state index is 9.25. The minimum absolute atomic E-state index is 0.0399. The number of fused-ring (bicyclic) bond motifs is 7. The highest BCUT2D eigenvalue weighted by Gasteiger charge is 2.66. The SMILES string of the molecule is [NH-]N([NH-])N(O)OC1CC2CC1C1CC3OC3C21. The summed E-state index contributed by atoms with van der Waals surface area (Å²) in [6.45, 7) is 0. The molecule has 1 saturated heterocycles. The summed E-state index contributed by atoms with van der Waals surface area (Å²) >= 11 is 0. The van der Waals surface area contributed by atoms with Gasteiger partial charge in [0.15, 0.2) is 0 Å². The molecule has 17 heavy (non-hydrogen) atoms. The van der Waals surface area contributed by atoms with Crippen LogP contribution in [0.3, 0.4) is 0 Å². The highest BCUT2D eigenvalue weighted by atomic mass is 16.9. The highest BCUT2D eigenvalue weighted by molar-refractivity contribution is 5.14. The van der Waals surface area contributed by atoms with Crippen molar-refractivity contribution in [2.45, 2.75) is 37.6 Å². The second-order valence-corrected chi connectivity index (χ2v) is 5.72. The second-order valence-electron chi connectivity index (χ2n) is 5.72. The van der Waals surface area contributed by atoms with Gasteiger partial charge in [-0.2, -0.15) is 0 Å². The molecule has 4 aliphatic rings. The molecule has 96 valence electrons. The van der Waals surface area contributed by atoms with Crippen molar-refractivity contribution >= 4 is 0 Å². The number of nitrogens with one attached hydrogen (secondary N) is 2. The van der Waals surface area contributed by atoms with Crippen molar-refractivity contribution in [1.82, 2.24) is 10.6 Å². The Labute approximate surface area is 99.0 Å². The summed E-state index contributed by atoms with van der Waals surface area (Å²) in [5.74, 6) is 16.3. The van der Waals surface area contributed by atoms with Crippen LogP contribution in [0.1, 0.15) is 19.3 Å². The molecule has 0 radical (unpaired) electrons. The number of epoxide rings is 1. The van der Waals surface area contributed by atoms with Crippen LogP contribution in [0.25, 0.3) is 11.7 Å². The monoisotopic (exact) mass is 240 g/mol. The lowest BCUT2D eigenvalue weighted by atomic mass is 9.79. The van der Waals surface area contributed by atoms with E-state index in [9.17, 15) is 5.21 Å². The number of ether oxygens (including phenoxy) is 1. The van der Waals surface area contributed by atoms with Crippen molar-refractivity contribution in [2.75, 3.05) is 0 Å². The lowest BCUT2D eigenvalue weighted by Crippen LogP contribution is -2.40. The van der Waals surface area contributed by atoms with Gasteiger partial charge in [-0.25, -0.2) is 0 Å². The van der Waals surface area contributed by atoms with E-state index in [1.165, 1.54) is 0 Å². The van der Waals surface area contributed by atoms with Gasteiger partial charge in [0.25, 0.3) is 0 Å². The summed E-state index contributed by atoms with van der Waals surface area (Å²) in [4.78, 5) is 5.26. The van der Waals surface area contributed by atoms with Crippen LogP contribution >= 0.6 is 0 Å². The maximum Gasteiger partial charge on any atom is 0.0875 e. The number of rotatable bonds is 3. The van der Waals surface area contributed by atoms with Crippen LogP contribution < -0.4 is 0 Å². The van der Waals surface area contributed by atoms with Gasteiger partial charge in [0.05, 0.1) is 18.3 Å². The normalized spacial score (nSPS) is 54.5. The molecule has 0 spiro atoms. The molecule has 7 heteroatoms. The average molecular weight is 240 g/mol. The van der Waals surface area contributed by atoms with Crippen molar-refractivity contribution in [3.8, 4) is 0 Å². The fourth-order valence-electron chi connectivity index (χ4n) is 4.56. The molecule has 3 saturated carbocycles.